The lowest BCUT2D eigenvalue weighted by Gasteiger charge is -2.15. The first kappa shape index (κ1) is 18.2. The lowest BCUT2D eigenvalue weighted by molar-refractivity contribution is -0.117. The average molecular weight is 346 g/mol. The van der Waals surface area contributed by atoms with Gasteiger partial charge in [-0.1, -0.05) is 49.4 Å². The van der Waals surface area contributed by atoms with E-state index in [1.165, 1.54) is 0 Å². The first-order valence-electron chi connectivity index (χ1n) is 7.78. The van der Waals surface area contributed by atoms with Gasteiger partial charge in [0.2, 0.25) is 15.9 Å². The van der Waals surface area contributed by atoms with Crippen molar-refractivity contribution in [2.24, 2.45) is 0 Å². The lowest BCUT2D eigenvalue weighted by atomic mass is 9.95. The minimum absolute atomic E-state index is 0.0503. The van der Waals surface area contributed by atoms with E-state index < -0.39 is 10.0 Å². The summed E-state index contributed by atoms with van der Waals surface area (Å²) in [6.45, 7) is 2.21. The maximum absolute atomic E-state index is 12.5. The Morgan fingerprint density at radius 3 is 2.21 bits per heavy atom. The van der Waals surface area contributed by atoms with Crippen LogP contribution in [-0.4, -0.2) is 20.6 Å². The van der Waals surface area contributed by atoms with Crippen LogP contribution in [0, 0.1) is 0 Å². The van der Waals surface area contributed by atoms with Gasteiger partial charge in [0.1, 0.15) is 0 Å². The fourth-order valence-electron chi connectivity index (χ4n) is 2.41. The molecule has 1 amide bonds. The van der Waals surface area contributed by atoms with E-state index in [1.54, 1.807) is 24.3 Å². The molecule has 0 bridgehead atoms. The van der Waals surface area contributed by atoms with E-state index in [0.29, 0.717) is 12.1 Å². The summed E-state index contributed by atoms with van der Waals surface area (Å²) < 4.78 is 24.6. The van der Waals surface area contributed by atoms with Crippen LogP contribution in [0.4, 0.5) is 5.69 Å². The predicted molar refractivity (Wildman–Crippen MR) is 96.2 cm³/mol. The summed E-state index contributed by atoms with van der Waals surface area (Å²) in [7, 11) is -3.22. The van der Waals surface area contributed by atoms with Gasteiger partial charge in [-0.15, -0.1) is 0 Å². The molecule has 5 nitrogen and oxygen atoms in total. The number of benzene rings is 2. The molecule has 0 heterocycles. The molecule has 2 rings (SSSR count). The van der Waals surface area contributed by atoms with Crippen LogP contribution in [0.1, 0.15) is 30.4 Å². The van der Waals surface area contributed by atoms with E-state index in [4.69, 9.17) is 0 Å². The number of nitrogens with one attached hydrogen (secondary N) is 2. The van der Waals surface area contributed by atoms with Crippen LogP contribution >= 0.6 is 0 Å². The zero-order chi connectivity index (χ0) is 17.6. The van der Waals surface area contributed by atoms with Crippen LogP contribution in [0.25, 0.3) is 0 Å². The molecule has 24 heavy (non-hydrogen) atoms. The monoisotopic (exact) mass is 346 g/mol. The van der Waals surface area contributed by atoms with Gasteiger partial charge >= 0.3 is 0 Å². The maximum Gasteiger partial charge on any atom is 0.231 e. The van der Waals surface area contributed by atoms with Gasteiger partial charge in [-0.2, -0.15) is 0 Å². The summed E-state index contributed by atoms with van der Waals surface area (Å²) >= 11 is 0. The van der Waals surface area contributed by atoms with E-state index in [9.17, 15) is 13.2 Å². The molecule has 0 saturated heterocycles. The Morgan fingerprint density at radius 2 is 1.67 bits per heavy atom. The normalized spacial score (nSPS) is 12.6. The summed E-state index contributed by atoms with van der Waals surface area (Å²) in [5.41, 5.74) is 2.51. The summed E-state index contributed by atoms with van der Waals surface area (Å²) in [5.74, 6) is -0.247. The molecule has 6 heteroatoms. The van der Waals surface area contributed by atoms with Gasteiger partial charge in [-0.25, -0.2) is 13.1 Å². The van der Waals surface area contributed by atoms with Crippen molar-refractivity contribution < 1.29 is 13.2 Å². The molecule has 0 aliphatic rings. The Bertz CT molecular complexity index is 772. The maximum atomic E-state index is 12.5. The van der Waals surface area contributed by atoms with E-state index in [2.05, 4.69) is 10.0 Å². The molecule has 0 fully saturated rings. The van der Waals surface area contributed by atoms with E-state index >= 15 is 0 Å². The Morgan fingerprint density at radius 1 is 1.04 bits per heavy atom. The highest BCUT2D eigenvalue weighted by atomic mass is 32.2. The average Bonchev–Trinajstić information content (AvgIpc) is 2.55. The van der Waals surface area contributed by atoms with Gasteiger partial charge in [0.25, 0.3) is 0 Å². The molecular weight excluding hydrogens is 324 g/mol. The van der Waals surface area contributed by atoms with E-state index in [-0.39, 0.29) is 18.4 Å². The number of carbonyl (C=O) groups excluding carboxylic acids is 1. The lowest BCUT2D eigenvalue weighted by Crippen LogP contribution is -2.21. The zero-order valence-electron chi connectivity index (χ0n) is 13.8. The van der Waals surface area contributed by atoms with Crippen molar-refractivity contribution in [2.45, 2.75) is 25.8 Å². The van der Waals surface area contributed by atoms with Gasteiger partial charge in [-0.3, -0.25) is 4.79 Å². The van der Waals surface area contributed by atoms with Crippen molar-refractivity contribution in [2.75, 3.05) is 11.6 Å². The number of amides is 1. The van der Waals surface area contributed by atoms with Gasteiger partial charge in [-0.05, 0) is 29.7 Å². The minimum Gasteiger partial charge on any atom is -0.326 e. The molecule has 2 aromatic rings. The summed E-state index contributed by atoms with van der Waals surface area (Å²) in [6, 6.07) is 16.8. The molecular formula is C18H22N2O3S. The fraction of sp³-hybridized carbons (Fsp3) is 0.278. The Labute approximate surface area is 143 Å². The standard InChI is InChI=1S/C18H22N2O3S/c1-3-17(15-7-5-4-6-8-15)18(21)20-16-11-9-14(10-12-16)13-19-24(2,22)23/h4-12,17,19H,3,13H2,1-2H3,(H,20,21)/t17-/m0/s1. The van der Waals surface area contributed by atoms with Gasteiger partial charge < -0.3 is 5.32 Å². The van der Waals surface area contributed by atoms with Crippen molar-refractivity contribution in [3.05, 3.63) is 65.7 Å². The zero-order valence-corrected chi connectivity index (χ0v) is 14.6. The fourth-order valence-corrected chi connectivity index (χ4v) is 2.84. The smallest absolute Gasteiger partial charge is 0.231 e. The van der Waals surface area contributed by atoms with Crippen LogP contribution in [-0.2, 0) is 21.4 Å². The van der Waals surface area contributed by atoms with Gasteiger partial charge in [0.15, 0.2) is 0 Å². The molecule has 2 aromatic carbocycles. The van der Waals surface area contributed by atoms with Gasteiger partial charge in [0.05, 0.1) is 12.2 Å². The second-order valence-corrected chi connectivity index (χ2v) is 7.48. The SMILES string of the molecule is CC[C@H](C(=O)Nc1ccc(CNS(C)(=O)=O)cc1)c1ccccc1. The third-order valence-electron chi connectivity index (χ3n) is 3.69. The molecule has 2 N–H and O–H groups in total. The van der Waals surface area contributed by atoms with Crippen LogP contribution in [0.2, 0.25) is 0 Å². The molecule has 0 spiro atoms. The number of hydrogen-bond acceptors (Lipinski definition) is 3. The van der Waals surface area contributed by atoms with Gasteiger partial charge in [0, 0.05) is 12.2 Å². The number of carbonyl (C=O) groups is 1. The predicted octanol–water partition coefficient (Wildman–Crippen LogP) is 2.87. The highest BCUT2D eigenvalue weighted by Crippen LogP contribution is 2.21. The third-order valence-corrected chi connectivity index (χ3v) is 4.36. The molecule has 128 valence electrons. The Kier molecular flexibility index (Phi) is 6.11. The van der Waals surface area contributed by atoms with Crippen LogP contribution in [0.15, 0.2) is 54.6 Å². The highest BCUT2D eigenvalue weighted by Gasteiger charge is 2.18. The van der Waals surface area contributed by atoms with Crippen molar-refractivity contribution in [1.29, 1.82) is 0 Å². The Balaban J connectivity index is 2.01. The largest absolute Gasteiger partial charge is 0.326 e. The quantitative estimate of drug-likeness (QED) is 0.809. The van der Waals surface area contributed by atoms with Crippen molar-refractivity contribution >= 4 is 21.6 Å². The molecule has 0 saturated carbocycles. The van der Waals surface area contributed by atoms with Crippen LogP contribution in [0.3, 0.4) is 0 Å². The van der Waals surface area contributed by atoms with E-state index in [1.807, 2.05) is 37.3 Å². The molecule has 0 aromatic heterocycles. The first-order chi connectivity index (χ1) is 11.4. The number of anilines is 1. The van der Waals surface area contributed by atoms with E-state index in [0.717, 1.165) is 17.4 Å². The molecule has 0 unspecified atom stereocenters. The Hall–Kier alpha value is -2.18. The number of hydrogen-bond donors (Lipinski definition) is 2. The molecule has 1 atom stereocenters. The second-order valence-electron chi connectivity index (χ2n) is 5.65. The van der Waals surface area contributed by atoms with Crippen molar-refractivity contribution in [1.82, 2.24) is 4.72 Å². The third kappa shape index (κ3) is 5.47. The summed E-state index contributed by atoms with van der Waals surface area (Å²) in [6.07, 6.45) is 1.84. The molecule has 0 radical (unpaired) electrons. The molecule has 0 aliphatic heterocycles. The molecule has 0 aliphatic carbocycles. The first-order valence-corrected chi connectivity index (χ1v) is 9.67. The van der Waals surface area contributed by atoms with Crippen molar-refractivity contribution in [3.63, 3.8) is 0 Å². The minimum atomic E-state index is -3.22. The summed E-state index contributed by atoms with van der Waals surface area (Å²) in [5, 5.41) is 2.91. The van der Waals surface area contributed by atoms with Crippen molar-refractivity contribution in [3.8, 4) is 0 Å². The summed E-state index contributed by atoms with van der Waals surface area (Å²) in [4.78, 5) is 12.5. The second kappa shape index (κ2) is 8.08. The van der Waals surface area contributed by atoms with Crippen LogP contribution in [0.5, 0.6) is 0 Å². The topological polar surface area (TPSA) is 75.3 Å². The highest BCUT2D eigenvalue weighted by molar-refractivity contribution is 7.88. The number of rotatable bonds is 7. The number of sulfonamides is 1. The van der Waals surface area contributed by atoms with Crippen LogP contribution < -0.4 is 10.0 Å².